The van der Waals surface area contributed by atoms with E-state index in [1.165, 1.54) is 0 Å². The van der Waals surface area contributed by atoms with Gasteiger partial charge in [-0.15, -0.1) is 5.10 Å². The fourth-order valence-corrected chi connectivity index (χ4v) is 1.82. The SMILES string of the molecule is CC(CCn1nnnc1C1CCCO1)C(=O)O. The van der Waals surface area contributed by atoms with Crippen LogP contribution < -0.4 is 0 Å². The van der Waals surface area contributed by atoms with E-state index in [-0.39, 0.29) is 6.10 Å². The van der Waals surface area contributed by atoms with Gasteiger partial charge in [0.2, 0.25) is 0 Å². The molecule has 1 fully saturated rings. The molecule has 0 aromatic carbocycles. The third-order valence-electron chi connectivity index (χ3n) is 2.97. The molecule has 1 aromatic heterocycles. The molecular formula is C10H16N4O3. The summed E-state index contributed by atoms with van der Waals surface area (Å²) < 4.78 is 7.16. The van der Waals surface area contributed by atoms with Crippen LogP contribution in [0.3, 0.4) is 0 Å². The van der Waals surface area contributed by atoms with Crippen LogP contribution in [0, 0.1) is 5.92 Å². The van der Waals surface area contributed by atoms with Crippen LogP contribution in [-0.2, 0) is 16.1 Å². The molecule has 1 saturated heterocycles. The van der Waals surface area contributed by atoms with Crippen LogP contribution in [0.5, 0.6) is 0 Å². The maximum absolute atomic E-state index is 10.7. The lowest BCUT2D eigenvalue weighted by Gasteiger charge is -2.10. The molecule has 0 spiro atoms. The van der Waals surface area contributed by atoms with Crippen LogP contribution in [0.25, 0.3) is 0 Å². The van der Waals surface area contributed by atoms with Gasteiger partial charge in [0.1, 0.15) is 6.10 Å². The predicted octanol–water partition coefficient (Wildman–Crippen LogP) is 0.635. The second-order valence-electron chi connectivity index (χ2n) is 4.29. The summed E-state index contributed by atoms with van der Waals surface area (Å²) >= 11 is 0. The van der Waals surface area contributed by atoms with Gasteiger partial charge in [0, 0.05) is 13.2 Å². The summed E-state index contributed by atoms with van der Waals surface area (Å²) in [5, 5.41) is 20.3. The van der Waals surface area contributed by atoms with Crippen molar-refractivity contribution in [3.05, 3.63) is 5.82 Å². The molecular weight excluding hydrogens is 224 g/mol. The molecule has 17 heavy (non-hydrogen) atoms. The van der Waals surface area contributed by atoms with Crippen molar-refractivity contribution < 1.29 is 14.6 Å². The Hall–Kier alpha value is -1.50. The molecule has 7 nitrogen and oxygen atoms in total. The molecule has 2 heterocycles. The first-order chi connectivity index (χ1) is 8.18. The van der Waals surface area contributed by atoms with E-state index >= 15 is 0 Å². The first-order valence-electron chi connectivity index (χ1n) is 5.79. The number of carboxylic acids is 1. The van der Waals surface area contributed by atoms with Crippen molar-refractivity contribution in [1.82, 2.24) is 20.2 Å². The standard InChI is InChI=1S/C10H16N4O3/c1-7(10(15)16)4-5-14-9(11-12-13-14)8-3-2-6-17-8/h7-8H,2-6H2,1H3,(H,15,16). The van der Waals surface area contributed by atoms with Crippen molar-refractivity contribution in [2.75, 3.05) is 6.61 Å². The molecule has 2 unspecified atom stereocenters. The van der Waals surface area contributed by atoms with Gasteiger partial charge in [-0.25, -0.2) is 4.68 Å². The number of aromatic nitrogens is 4. The Balaban J connectivity index is 1.96. The van der Waals surface area contributed by atoms with Crippen molar-refractivity contribution in [2.24, 2.45) is 5.92 Å². The lowest BCUT2D eigenvalue weighted by Crippen LogP contribution is -2.16. The van der Waals surface area contributed by atoms with Crippen molar-refractivity contribution >= 4 is 5.97 Å². The average Bonchev–Trinajstić information content (AvgIpc) is 2.95. The van der Waals surface area contributed by atoms with Gasteiger partial charge in [-0.1, -0.05) is 6.92 Å². The van der Waals surface area contributed by atoms with Gasteiger partial charge in [-0.2, -0.15) is 0 Å². The molecule has 2 atom stereocenters. The second kappa shape index (κ2) is 5.22. The number of carboxylic acid groups (broad SMARTS) is 1. The summed E-state index contributed by atoms with van der Waals surface area (Å²) in [6.07, 6.45) is 2.42. The first-order valence-corrected chi connectivity index (χ1v) is 5.79. The van der Waals surface area contributed by atoms with E-state index in [9.17, 15) is 4.79 Å². The summed E-state index contributed by atoms with van der Waals surface area (Å²) in [7, 11) is 0. The Labute approximate surface area is 98.8 Å². The summed E-state index contributed by atoms with van der Waals surface area (Å²) in [6, 6.07) is 0. The second-order valence-corrected chi connectivity index (χ2v) is 4.29. The minimum absolute atomic E-state index is 0.0369. The van der Waals surface area contributed by atoms with Crippen LogP contribution in [0.4, 0.5) is 0 Å². The number of tetrazole rings is 1. The van der Waals surface area contributed by atoms with E-state index in [0.29, 0.717) is 18.8 Å². The van der Waals surface area contributed by atoms with Gasteiger partial charge in [0.15, 0.2) is 5.82 Å². The third kappa shape index (κ3) is 2.79. The summed E-state index contributed by atoms with van der Waals surface area (Å²) in [6.45, 7) is 2.93. The molecule has 0 aliphatic carbocycles. The maximum atomic E-state index is 10.7. The monoisotopic (exact) mass is 240 g/mol. The molecule has 0 radical (unpaired) electrons. The minimum atomic E-state index is -0.795. The normalized spacial score (nSPS) is 21.6. The minimum Gasteiger partial charge on any atom is -0.481 e. The van der Waals surface area contributed by atoms with Crippen molar-refractivity contribution in [3.8, 4) is 0 Å². The van der Waals surface area contributed by atoms with Gasteiger partial charge in [-0.3, -0.25) is 4.79 Å². The molecule has 0 amide bonds. The van der Waals surface area contributed by atoms with Gasteiger partial charge in [0.05, 0.1) is 5.92 Å². The third-order valence-corrected chi connectivity index (χ3v) is 2.97. The van der Waals surface area contributed by atoms with Gasteiger partial charge in [0.25, 0.3) is 0 Å². The van der Waals surface area contributed by atoms with Gasteiger partial charge >= 0.3 is 5.97 Å². The Morgan fingerprint density at radius 2 is 2.53 bits per heavy atom. The molecule has 7 heteroatoms. The van der Waals surface area contributed by atoms with E-state index in [2.05, 4.69) is 15.5 Å². The summed E-state index contributed by atoms with van der Waals surface area (Å²) in [4.78, 5) is 10.7. The van der Waals surface area contributed by atoms with Crippen LogP contribution in [-0.4, -0.2) is 37.9 Å². The number of aryl methyl sites for hydroxylation is 1. The number of aliphatic carboxylic acids is 1. The molecule has 1 aromatic rings. The molecule has 1 N–H and O–H groups in total. The molecule has 94 valence electrons. The number of nitrogens with zero attached hydrogens (tertiary/aromatic N) is 4. The quantitative estimate of drug-likeness (QED) is 0.812. The van der Waals surface area contributed by atoms with Gasteiger partial charge < -0.3 is 9.84 Å². The van der Waals surface area contributed by atoms with Crippen LogP contribution in [0.2, 0.25) is 0 Å². The van der Waals surface area contributed by atoms with Crippen LogP contribution in [0.1, 0.15) is 38.1 Å². The molecule has 1 aliphatic heterocycles. The lowest BCUT2D eigenvalue weighted by molar-refractivity contribution is -0.141. The number of rotatable bonds is 5. The Morgan fingerprint density at radius 1 is 1.71 bits per heavy atom. The molecule has 0 saturated carbocycles. The Bertz CT molecular complexity index is 387. The zero-order valence-electron chi connectivity index (χ0n) is 9.74. The number of ether oxygens (including phenoxy) is 1. The van der Waals surface area contributed by atoms with E-state index < -0.39 is 11.9 Å². The topological polar surface area (TPSA) is 90.1 Å². The largest absolute Gasteiger partial charge is 0.481 e. The summed E-state index contributed by atoms with van der Waals surface area (Å²) in [5.74, 6) is -0.478. The van der Waals surface area contributed by atoms with Gasteiger partial charge in [-0.05, 0) is 29.7 Å². The fraction of sp³-hybridized carbons (Fsp3) is 0.800. The van der Waals surface area contributed by atoms with Crippen LogP contribution in [0.15, 0.2) is 0 Å². The van der Waals surface area contributed by atoms with E-state index in [1.807, 2.05) is 0 Å². The number of hydrogen-bond donors (Lipinski definition) is 1. The first kappa shape index (κ1) is 12.0. The highest BCUT2D eigenvalue weighted by molar-refractivity contribution is 5.69. The fourth-order valence-electron chi connectivity index (χ4n) is 1.82. The predicted molar refractivity (Wildman–Crippen MR) is 57.2 cm³/mol. The van der Waals surface area contributed by atoms with E-state index in [4.69, 9.17) is 9.84 Å². The number of hydrogen-bond acceptors (Lipinski definition) is 5. The molecule has 0 bridgehead atoms. The molecule has 2 rings (SSSR count). The Kier molecular flexibility index (Phi) is 3.68. The molecule has 1 aliphatic rings. The van der Waals surface area contributed by atoms with Crippen molar-refractivity contribution in [3.63, 3.8) is 0 Å². The van der Waals surface area contributed by atoms with Crippen molar-refractivity contribution in [1.29, 1.82) is 0 Å². The zero-order valence-corrected chi connectivity index (χ0v) is 9.74. The van der Waals surface area contributed by atoms with E-state index in [0.717, 1.165) is 19.4 Å². The number of carbonyl (C=O) groups is 1. The average molecular weight is 240 g/mol. The van der Waals surface area contributed by atoms with Crippen LogP contribution >= 0.6 is 0 Å². The van der Waals surface area contributed by atoms with Crippen molar-refractivity contribution in [2.45, 2.75) is 38.8 Å². The highest BCUT2D eigenvalue weighted by Gasteiger charge is 2.24. The Morgan fingerprint density at radius 3 is 3.18 bits per heavy atom. The highest BCUT2D eigenvalue weighted by Crippen LogP contribution is 2.26. The smallest absolute Gasteiger partial charge is 0.306 e. The summed E-state index contributed by atoms with van der Waals surface area (Å²) in [5.41, 5.74) is 0. The highest BCUT2D eigenvalue weighted by atomic mass is 16.5. The zero-order chi connectivity index (χ0) is 12.3. The lowest BCUT2D eigenvalue weighted by atomic mass is 10.1. The van der Waals surface area contributed by atoms with E-state index in [1.54, 1.807) is 11.6 Å². The maximum Gasteiger partial charge on any atom is 0.306 e.